The van der Waals surface area contributed by atoms with Crippen molar-refractivity contribution in [1.82, 2.24) is 18.7 Å². The molecule has 2 heterocycles. The fourth-order valence-corrected chi connectivity index (χ4v) is 5.38. The third kappa shape index (κ3) is 3.95. The van der Waals surface area contributed by atoms with Crippen molar-refractivity contribution in [3.63, 3.8) is 0 Å². The summed E-state index contributed by atoms with van der Waals surface area (Å²) in [5.41, 5.74) is 1.26. The van der Waals surface area contributed by atoms with E-state index in [1.54, 1.807) is 49.4 Å². The summed E-state index contributed by atoms with van der Waals surface area (Å²) in [6.07, 6.45) is 0. The van der Waals surface area contributed by atoms with Crippen LogP contribution < -0.4 is 16.0 Å². The zero-order valence-electron chi connectivity index (χ0n) is 23.1. The number of para-hydroxylation sites is 2. The summed E-state index contributed by atoms with van der Waals surface area (Å²) in [5.74, 6) is 0. The number of nitrogens with zero attached hydrogens (tertiary/aromatic N) is 5. The minimum absolute atomic E-state index is 0.137. The van der Waals surface area contributed by atoms with Crippen molar-refractivity contribution in [2.75, 3.05) is 19.0 Å². The Labute approximate surface area is 227 Å². The van der Waals surface area contributed by atoms with Crippen molar-refractivity contribution in [2.45, 2.75) is 19.4 Å². The van der Waals surface area contributed by atoms with Crippen LogP contribution in [0, 0.1) is 13.8 Å². The molecule has 0 amide bonds. The van der Waals surface area contributed by atoms with E-state index in [0.717, 1.165) is 5.69 Å². The number of hydrogen-bond acceptors (Lipinski definition) is 4. The fourth-order valence-electron chi connectivity index (χ4n) is 5.38. The molecule has 0 saturated carbocycles. The first-order valence-electron chi connectivity index (χ1n) is 12.8. The van der Waals surface area contributed by atoms with E-state index in [-0.39, 0.29) is 11.1 Å². The molecule has 2 aromatic heterocycles. The van der Waals surface area contributed by atoms with Crippen LogP contribution >= 0.6 is 0 Å². The molecule has 3 aromatic carbocycles. The van der Waals surface area contributed by atoms with Gasteiger partial charge >= 0.3 is 0 Å². The molecule has 0 radical (unpaired) electrons. The molecule has 0 bridgehead atoms. The van der Waals surface area contributed by atoms with Gasteiger partial charge in [0.25, 0.3) is 11.1 Å². The lowest BCUT2D eigenvalue weighted by Gasteiger charge is -2.28. The molecule has 0 fully saturated rings. The van der Waals surface area contributed by atoms with Gasteiger partial charge in [0.15, 0.2) is 5.60 Å². The molecule has 5 aromatic rings. The first-order chi connectivity index (χ1) is 18.6. The number of aromatic nitrogens is 4. The third-order valence-corrected chi connectivity index (χ3v) is 7.63. The van der Waals surface area contributed by atoms with E-state index in [9.17, 15) is 14.7 Å². The topological polar surface area (TPSA) is 77.3 Å². The first kappa shape index (κ1) is 26.1. The third-order valence-electron chi connectivity index (χ3n) is 7.63. The predicted octanol–water partition coefficient (Wildman–Crippen LogP) is 3.63. The Morgan fingerprint density at radius 3 is 1.38 bits per heavy atom. The minimum atomic E-state index is -2.03. The number of aliphatic hydroxyl groups is 1. The Kier molecular flexibility index (Phi) is 6.44. The second-order valence-corrected chi connectivity index (χ2v) is 10.0. The lowest BCUT2D eigenvalue weighted by Crippen LogP contribution is -2.40. The molecule has 0 aliphatic rings. The van der Waals surface area contributed by atoms with Gasteiger partial charge in [-0.05, 0) is 55.8 Å². The second-order valence-electron chi connectivity index (χ2n) is 10.0. The molecular formula is C31H33N5O3. The van der Waals surface area contributed by atoms with E-state index in [2.05, 4.69) is 0 Å². The molecule has 0 aliphatic carbocycles. The van der Waals surface area contributed by atoms with E-state index in [1.165, 1.54) is 9.36 Å². The lowest BCUT2D eigenvalue weighted by molar-refractivity contribution is 0.122. The largest absolute Gasteiger partial charge is 0.378 e. The maximum absolute atomic E-state index is 14.2. The van der Waals surface area contributed by atoms with Gasteiger partial charge in [-0.1, -0.05) is 48.5 Å². The average molecular weight is 524 g/mol. The average Bonchev–Trinajstić information content (AvgIpc) is 3.31. The van der Waals surface area contributed by atoms with Gasteiger partial charge in [-0.25, -0.2) is 9.36 Å². The summed E-state index contributed by atoms with van der Waals surface area (Å²) in [7, 11) is 7.42. The van der Waals surface area contributed by atoms with Crippen molar-refractivity contribution in [2.24, 2.45) is 14.1 Å². The van der Waals surface area contributed by atoms with Gasteiger partial charge in [0.1, 0.15) is 0 Å². The van der Waals surface area contributed by atoms with Gasteiger partial charge in [0.05, 0.1) is 22.5 Å². The van der Waals surface area contributed by atoms with Crippen LogP contribution in [0.4, 0.5) is 5.69 Å². The van der Waals surface area contributed by atoms with Crippen LogP contribution in [0.5, 0.6) is 0 Å². The molecule has 39 heavy (non-hydrogen) atoms. The second kappa shape index (κ2) is 9.63. The number of rotatable bonds is 6. The van der Waals surface area contributed by atoms with E-state index in [4.69, 9.17) is 0 Å². The Morgan fingerprint density at radius 2 is 1.03 bits per heavy atom. The molecule has 0 unspecified atom stereocenters. The molecule has 8 heteroatoms. The van der Waals surface area contributed by atoms with Crippen LogP contribution in [-0.2, 0) is 19.7 Å². The van der Waals surface area contributed by atoms with Gasteiger partial charge in [-0.15, -0.1) is 0 Å². The Morgan fingerprint density at radius 1 is 0.641 bits per heavy atom. The van der Waals surface area contributed by atoms with Gasteiger partial charge in [0.2, 0.25) is 0 Å². The summed E-state index contributed by atoms with van der Waals surface area (Å²) in [5, 5.41) is 12.9. The van der Waals surface area contributed by atoms with Crippen molar-refractivity contribution < 1.29 is 5.11 Å². The van der Waals surface area contributed by atoms with Crippen molar-refractivity contribution in [3.05, 3.63) is 134 Å². The summed E-state index contributed by atoms with van der Waals surface area (Å²) in [6, 6.07) is 25.9. The minimum Gasteiger partial charge on any atom is -0.378 e. The zero-order chi connectivity index (χ0) is 28.1. The lowest BCUT2D eigenvalue weighted by atomic mass is 9.80. The maximum atomic E-state index is 14.2. The number of anilines is 1. The van der Waals surface area contributed by atoms with E-state index < -0.39 is 16.7 Å². The molecule has 200 valence electrons. The summed E-state index contributed by atoms with van der Waals surface area (Å²) < 4.78 is 6.50. The van der Waals surface area contributed by atoms with Gasteiger partial charge < -0.3 is 10.0 Å². The van der Waals surface area contributed by atoms with Gasteiger partial charge in [0, 0.05) is 45.3 Å². The van der Waals surface area contributed by atoms with Crippen LogP contribution in [0.3, 0.4) is 0 Å². The SMILES string of the molecule is Cc1c(C(O)(c2ccc(N(C)C)cc2)c2c(C)n(C)n(-c3ccccc3)c2=O)c(=O)n(-c2ccccc2)n1C. The van der Waals surface area contributed by atoms with Crippen molar-refractivity contribution >= 4 is 5.69 Å². The normalized spacial score (nSPS) is 11.7. The highest BCUT2D eigenvalue weighted by atomic mass is 16.3. The van der Waals surface area contributed by atoms with Crippen LogP contribution in [0.25, 0.3) is 11.4 Å². The molecule has 5 rings (SSSR count). The highest BCUT2D eigenvalue weighted by molar-refractivity contribution is 5.55. The van der Waals surface area contributed by atoms with Gasteiger partial charge in [-0.2, -0.15) is 0 Å². The number of benzene rings is 3. The standard InChI is InChI=1S/C31H33N5O3/c1-21-27(29(37)35(33(21)5)25-13-9-7-10-14-25)31(39,23-17-19-24(20-18-23)32(3)4)28-22(2)34(6)36(30(28)38)26-15-11-8-12-16-26/h7-20,39H,1-6H3. The van der Waals surface area contributed by atoms with Gasteiger partial charge in [-0.3, -0.25) is 19.0 Å². The van der Waals surface area contributed by atoms with Crippen LogP contribution in [0.2, 0.25) is 0 Å². The van der Waals surface area contributed by atoms with Crippen LogP contribution in [-0.4, -0.2) is 37.9 Å². The molecular weight excluding hydrogens is 490 g/mol. The Hall–Kier alpha value is -4.56. The smallest absolute Gasteiger partial charge is 0.278 e. The first-order valence-corrected chi connectivity index (χ1v) is 12.8. The molecule has 0 saturated heterocycles. The van der Waals surface area contributed by atoms with E-state index in [1.807, 2.05) is 91.8 Å². The Balaban J connectivity index is 1.88. The van der Waals surface area contributed by atoms with Crippen molar-refractivity contribution in [1.29, 1.82) is 0 Å². The van der Waals surface area contributed by atoms with Crippen LogP contribution in [0.1, 0.15) is 28.1 Å². The highest BCUT2D eigenvalue weighted by Crippen LogP contribution is 2.38. The highest BCUT2D eigenvalue weighted by Gasteiger charge is 2.45. The molecule has 0 atom stereocenters. The maximum Gasteiger partial charge on any atom is 0.278 e. The summed E-state index contributed by atoms with van der Waals surface area (Å²) in [4.78, 5) is 30.4. The monoisotopic (exact) mass is 523 g/mol. The van der Waals surface area contributed by atoms with Crippen molar-refractivity contribution in [3.8, 4) is 11.4 Å². The number of hydrogen-bond donors (Lipinski definition) is 1. The molecule has 0 spiro atoms. The van der Waals surface area contributed by atoms with E-state index in [0.29, 0.717) is 28.3 Å². The quantitative estimate of drug-likeness (QED) is 0.369. The molecule has 0 aliphatic heterocycles. The Bertz CT molecular complexity index is 1650. The fraction of sp³-hybridized carbons (Fsp3) is 0.226. The van der Waals surface area contributed by atoms with Crippen LogP contribution in [0.15, 0.2) is 94.5 Å². The van der Waals surface area contributed by atoms with E-state index >= 15 is 0 Å². The summed E-state index contributed by atoms with van der Waals surface area (Å²) >= 11 is 0. The predicted molar refractivity (Wildman–Crippen MR) is 154 cm³/mol. The molecule has 8 nitrogen and oxygen atoms in total. The zero-order valence-corrected chi connectivity index (χ0v) is 23.1. The molecule has 1 N–H and O–H groups in total. The summed E-state index contributed by atoms with van der Waals surface area (Å²) in [6.45, 7) is 3.59.